The van der Waals surface area contributed by atoms with E-state index in [1.54, 1.807) is 21.9 Å². The first-order chi connectivity index (χ1) is 16.3. The number of halogens is 1. The van der Waals surface area contributed by atoms with Gasteiger partial charge >= 0.3 is 0 Å². The van der Waals surface area contributed by atoms with Crippen LogP contribution in [0.2, 0.25) is 0 Å². The summed E-state index contributed by atoms with van der Waals surface area (Å²) >= 11 is 0. The van der Waals surface area contributed by atoms with Crippen molar-refractivity contribution < 1.29 is 18.8 Å². The van der Waals surface area contributed by atoms with Crippen LogP contribution in [0.3, 0.4) is 0 Å². The van der Waals surface area contributed by atoms with Crippen molar-refractivity contribution in [3.8, 4) is 0 Å². The first-order valence-electron chi connectivity index (χ1n) is 11.8. The molecule has 1 heterocycles. The average Bonchev–Trinajstić information content (AvgIpc) is 3.68. The number of amides is 3. The van der Waals surface area contributed by atoms with Gasteiger partial charge in [0.15, 0.2) is 0 Å². The summed E-state index contributed by atoms with van der Waals surface area (Å²) in [7, 11) is 0. The molecule has 2 fully saturated rings. The molecule has 2 aliphatic rings. The van der Waals surface area contributed by atoms with Crippen molar-refractivity contribution in [1.82, 2.24) is 9.80 Å². The summed E-state index contributed by atoms with van der Waals surface area (Å²) < 4.78 is 13.9. The highest BCUT2D eigenvalue weighted by Gasteiger charge is 2.35. The highest BCUT2D eigenvalue weighted by Crippen LogP contribution is 2.31. The van der Waals surface area contributed by atoms with E-state index in [-0.39, 0.29) is 41.8 Å². The van der Waals surface area contributed by atoms with Gasteiger partial charge in [0, 0.05) is 49.5 Å². The Balaban J connectivity index is 1.29. The molecular weight excluding hydrogens is 435 g/mol. The molecule has 0 radical (unpaired) electrons. The molecule has 1 saturated heterocycles. The highest BCUT2D eigenvalue weighted by molar-refractivity contribution is 5.95. The van der Waals surface area contributed by atoms with Gasteiger partial charge in [-0.15, -0.1) is 0 Å². The number of carbonyl (C=O) groups is 3. The molecule has 2 aromatic carbocycles. The number of rotatable bonds is 7. The second-order valence-corrected chi connectivity index (χ2v) is 9.19. The maximum absolute atomic E-state index is 13.9. The molecule has 0 atom stereocenters. The highest BCUT2D eigenvalue weighted by atomic mass is 19.1. The molecule has 34 heavy (non-hydrogen) atoms. The molecule has 8 heteroatoms. The van der Waals surface area contributed by atoms with Gasteiger partial charge in [-0.05, 0) is 63.1 Å². The molecule has 0 spiro atoms. The standard InChI is InChI=1S/C26H31FN4O3/c1-18(2)31(25(33)19-7-8-19)17-24(32)28-20-9-11-21(12-10-20)29-13-15-30(16-14-29)26(34)22-5-3-4-6-23(22)27/h3-6,9-12,18-19H,7-8,13-17H2,1-2H3,(H,28,32). The Kier molecular flexibility index (Phi) is 7.14. The SMILES string of the molecule is CC(C)N(CC(=O)Nc1ccc(N2CCN(C(=O)c3ccccc3F)CC2)cc1)C(=O)C1CC1. The van der Waals surface area contributed by atoms with E-state index in [1.807, 2.05) is 38.1 Å². The second kappa shape index (κ2) is 10.2. The third-order valence-corrected chi connectivity index (χ3v) is 6.33. The van der Waals surface area contributed by atoms with Crippen molar-refractivity contribution in [3.05, 3.63) is 59.9 Å². The van der Waals surface area contributed by atoms with Crippen LogP contribution in [0.25, 0.3) is 0 Å². The molecule has 0 bridgehead atoms. The Morgan fingerprint density at radius 2 is 1.65 bits per heavy atom. The van der Waals surface area contributed by atoms with E-state index in [4.69, 9.17) is 0 Å². The van der Waals surface area contributed by atoms with Crippen LogP contribution in [-0.4, -0.2) is 66.3 Å². The van der Waals surface area contributed by atoms with Gasteiger partial charge < -0.3 is 20.0 Å². The normalized spacial score (nSPS) is 15.9. The van der Waals surface area contributed by atoms with Gasteiger partial charge in [-0.25, -0.2) is 4.39 Å². The Morgan fingerprint density at radius 3 is 2.24 bits per heavy atom. The van der Waals surface area contributed by atoms with E-state index < -0.39 is 5.82 Å². The summed E-state index contributed by atoms with van der Waals surface area (Å²) in [6, 6.07) is 13.6. The van der Waals surface area contributed by atoms with Crippen LogP contribution in [0.1, 0.15) is 37.0 Å². The minimum atomic E-state index is -0.499. The predicted molar refractivity (Wildman–Crippen MR) is 129 cm³/mol. The number of benzene rings is 2. The van der Waals surface area contributed by atoms with E-state index >= 15 is 0 Å². The first kappa shape index (κ1) is 23.7. The van der Waals surface area contributed by atoms with Gasteiger partial charge in [0.05, 0.1) is 5.56 Å². The van der Waals surface area contributed by atoms with Crippen LogP contribution in [0.4, 0.5) is 15.8 Å². The summed E-state index contributed by atoms with van der Waals surface area (Å²) in [6.45, 7) is 6.18. The van der Waals surface area contributed by atoms with Crippen molar-refractivity contribution in [2.75, 3.05) is 42.9 Å². The smallest absolute Gasteiger partial charge is 0.256 e. The van der Waals surface area contributed by atoms with Crippen LogP contribution in [0.15, 0.2) is 48.5 Å². The maximum Gasteiger partial charge on any atom is 0.256 e. The summed E-state index contributed by atoms with van der Waals surface area (Å²) in [5.74, 6) is -0.854. The monoisotopic (exact) mass is 466 g/mol. The molecule has 2 aromatic rings. The van der Waals surface area contributed by atoms with Gasteiger partial charge in [-0.2, -0.15) is 0 Å². The lowest BCUT2D eigenvalue weighted by molar-refractivity contribution is -0.137. The molecule has 1 N–H and O–H groups in total. The average molecular weight is 467 g/mol. The van der Waals surface area contributed by atoms with E-state index in [2.05, 4.69) is 10.2 Å². The molecule has 1 aliphatic heterocycles. The summed E-state index contributed by atoms with van der Waals surface area (Å²) in [6.07, 6.45) is 1.83. The fraction of sp³-hybridized carbons (Fsp3) is 0.423. The molecule has 1 aliphatic carbocycles. The van der Waals surface area contributed by atoms with Crippen LogP contribution < -0.4 is 10.2 Å². The molecule has 7 nitrogen and oxygen atoms in total. The number of carbonyl (C=O) groups excluding carboxylic acids is 3. The maximum atomic E-state index is 13.9. The van der Waals surface area contributed by atoms with Gasteiger partial charge in [0.2, 0.25) is 11.8 Å². The molecule has 0 aromatic heterocycles. The number of nitrogens with zero attached hydrogens (tertiary/aromatic N) is 3. The molecule has 4 rings (SSSR count). The fourth-order valence-electron chi connectivity index (χ4n) is 4.16. The van der Waals surface area contributed by atoms with Crippen LogP contribution in [0.5, 0.6) is 0 Å². The lowest BCUT2D eigenvalue weighted by Crippen LogP contribution is -2.49. The first-order valence-corrected chi connectivity index (χ1v) is 11.8. The number of anilines is 2. The third-order valence-electron chi connectivity index (χ3n) is 6.33. The summed E-state index contributed by atoms with van der Waals surface area (Å²) in [5.41, 5.74) is 1.76. The Hall–Kier alpha value is -3.42. The molecule has 180 valence electrons. The zero-order valence-corrected chi connectivity index (χ0v) is 19.7. The topological polar surface area (TPSA) is 73.0 Å². The van der Waals surface area contributed by atoms with Crippen molar-refractivity contribution in [3.63, 3.8) is 0 Å². The quantitative estimate of drug-likeness (QED) is 0.679. The van der Waals surface area contributed by atoms with Crippen molar-refractivity contribution in [2.45, 2.75) is 32.7 Å². The Bertz CT molecular complexity index is 1040. The largest absolute Gasteiger partial charge is 0.368 e. The van der Waals surface area contributed by atoms with E-state index in [0.717, 1.165) is 18.5 Å². The molecule has 3 amide bonds. The van der Waals surface area contributed by atoms with Crippen LogP contribution in [0, 0.1) is 11.7 Å². The Labute approximate surface area is 199 Å². The van der Waals surface area contributed by atoms with Crippen LogP contribution in [-0.2, 0) is 9.59 Å². The number of hydrogen-bond donors (Lipinski definition) is 1. The van der Waals surface area contributed by atoms with Gasteiger partial charge in [0.25, 0.3) is 5.91 Å². The molecule has 0 unspecified atom stereocenters. The summed E-state index contributed by atoms with van der Waals surface area (Å²) in [4.78, 5) is 43.0. The van der Waals surface area contributed by atoms with Crippen molar-refractivity contribution in [2.24, 2.45) is 5.92 Å². The number of hydrogen-bond acceptors (Lipinski definition) is 4. The minimum absolute atomic E-state index is 0.0230. The van der Waals surface area contributed by atoms with Gasteiger partial charge in [0.1, 0.15) is 12.4 Å². The van der Waals surface area contributed by atoms with Gasteiger partial charge in [-0.3, -0.25) is 14.4 Å². The Morgan fingerprint density at radius 1 is 1.00 bits per heavy atom. The van der Waals surface area contributed by atoms with Crippen LogP contribution >= 0.6 is 0 Å². The van der Waals surface area contributed by atoms with E-state index in [9.17, 15) is 18.8 Å². The predicted octanol–water partition coefficient (Wildman–Crippen LogP) is 3.37. The number of piperazine rings is 1. The molecular formula is C26H31FN4O3. The minimum Gasteiger partial charge on any atom is -0.368 e. The van der Waals surface area contributed by atoms with Gasteiger partial charge in [-0.1, -0.05) is 12.1 Å². The van der Waals surface area contributed by atoms with Crippen molar-refractivity contribution in [1.29, 1.82) is 0 Å². The number of nitrogens with one attached hydrogen (secondary N) is 1. The second-order valence-electron chi connectivity index (χ2n) is 9.19. The van der Waals surface area contributed by atoms with Crippen molar-refractivity contribution >= 4 is 29.1 Å². The fourth-order valence-corrected chi connectivity index (χ4v) is 4.16. The summed E-state index contributed by atoms with van der Waals surface area (Å²) in [5, 5.41) is 2.88. The van der Waals surface area contributed by atoms with E-state index in [1.165, 1.54) is 12.1 Å². The zero-order chi connectivity index (χ0) is 24.2. The lowest BCUT2D eigenvalue weighted by atomic mass is 10.1. The van der Waals surface area contributed by atoms with E-state index in [0.29, 0.717) is 31.9 Å². The third kappa shape index (κ3) is 5.55. The lowest BCUT2D eigenvalue weighted by Gasteiger charge is -2.36. The zero-order valence-electron chi connectivity index (χ0n) is 19.7. The molecule has 1 saturated carbocycles.